The number of nitrogens with one attached hydrogen (secondary N) is 2. The molecule has 8 nitrogen and oxygen atoms in total. The van der Waals surface area contributed by atoms with Gasteiger partial charge in [-0.1, -0.05) is 18.2 Å². The van der Waals surface area contributed by atoms with Gasteiger partial charge in [0.2, 0.25) is 0 Å². The van der Waals surface area contributed by atoms with Gasteiger partial charge in [-0.2, -0.15) is 0 Å². The van der Waals surface area contributed by atoms with Gasteiger partial charge >= 0.3 is 0 Å². The number of pyridine rings is 1. The van der Waals surface area contributed by atoms with Crippen LogP contribution in [0.25, 0.3) is 5.65 Å². The van der Waals surface area contributed by atoms with Crippen molar-refractivity contribution in [3.63, 3.8) is 0 Å². The fraction of sp³-hybridized carbons (Fsp3) is 0.409. The molecule has 8 heteroatoms. The van der Waals surface area contributed by atoms with Crippen LogP contribution < -0.4 is 15.4 Å². The van der Waals surface area contributed by atoms with Crippen molar-refractivity contribution in [1.29, 1.82) is 0 Å². The molecule has 0 aliphatic rings. The zero-order valence-corrected chi connectivity index (χ0v) is 17.9. The largest absolute Gasteiger partial charge is 0.493 e. The molecule has 0 spiro atoms. The number of guanidine groups is 1. The highest BCUT2D eigenvalue weighted by Gasteiger charge is 2.08. The van der Waals surface area contributed by atoms with E-state index in [1.165, 1.54) is 5.56 Å². The first-order valence-electron chi connectivity index (χ1n) is 10.2. The highest BCUT2D eigenvalue weighted by molar-refractivity contribution is 5.79. The second kappa shape index (κ2) is 11.2. The summed E-state index contributed by atoms with van der Waals surface area (Å²) in [6, 6.07) is 12.1. The molecule has 30 heavy (non-hydrogen) atoms. The number of aryl methyl sites for hydroxylation is 1. The Kier molecular flexibility index (Phi) is 8.02. The van der Waals surface area contributed by atoms with Crippen LogP contribution in [0.3, 0.4) is 0 Å². The topological polar surface area (TPSA) is 85.1 Å². The molecule has 0 radical (unpaired) electrons. The molecule has 2 aromatic heterocycles. The van der Waals surface area contributed by atoms with Gasteiger partial charge in [0.05, 0.1) is 6.61 Å². The van der Waals surface area contributed by atoms with Crippen LogP contribution in [0.4, 0.5) is 0 Å². The van der Waals surface area contributed by atoms with Gasteiger partial charge in [0.15, 0.2) is 11.6 Å². The molecule has 0 atom stereocenters. The number of hydrogen-bond acceptors (Lipinski definition) is 5. The average Bonchev–Trinajstić information content (AvgIpc) is 3.18. The van der Waals surface area contributed by atoms with E-state index in [1.54, 1.807) is 14.2 Å². The van der Waals surface area contributed by atoms with Crippen molar-refractivity contribution in [3.8, 4) is 5.75 Å². The van der Waals surface area contributed by atoms with E-state index in [0.717, 1.165) is 41.6 Å². The highest BCUT2D eigenvalue weighted by Crippen LogP contribution is 2.20. The molecule has 0 aliphatic heterocycles. The molecule has 0 amide bonds. The van der Waals surface area contributed by atoms with E-state index >= 15 is 0 Å². The van der Waals surface area contributed by atoms with Crippen LogP contribution >= 0.6 is 0 Å². The van der Waals surface area contributed by atoms with E-state index in [9.17, 15) is 0 Å². The Hall–Kier alpha value is -3.13. The average molecular weight is 411 g/mol. The minimum absolute atomic E-state index is 0.618. The third-order valence-corrected chi connectivity index (χ3v) is 4.67. The number of fused-ring (bicyclic) bond motifs is 1. The number of ether oxygens (including phenoxy) is 2. The fourth-order valence-corrected chi connectivity index (χ4v) is 3.08. The summed E-state index contributed by atoms with van der Waals surface area (Å²) in [4.78, 5) is 4.31. The Balaban J connectivity index is 1.51. The monoisotopic (exact) mass is 410 g/mol. The van der Waals surface area contributed by atoms with E-state index < -0.39 is 0 Å². The van der Waals surface area contributed by atoms with Crippen molar-refractivity contribution >= 4 is 11.6 Å². The Bertz CT molecular complexity index is 969. The lowest BCUT2D eigenvalue weighted by atomic mass is 10.1. The molecule has 0 unspecified atom stereocenters. The van der Waals surface area contributed by atoms with E-state index in [2.05, 4.69) is 50.9 Å². The lowest BCUT2D eigenvalue weighted by Gasteiger charge is -2.15. The second-order valence-corrected chi connectivity index (χ2v) is 6.95. The molecule has 0 saturated carbocycles. The first-order chi connectivity index (χ1) is 14.7. The maximum atomic E-state index is 5.96. The summed E-state index contributed by atoms with van der Waals surface area (Å²) in [6.45, 7) is 4.70. The molecule has 160 valence electrons. The fourth-order valence-electron chi connectivity index (χ4n) is 3.08. The van der Waals surface area contributed by atoms with Crippen molar-refractivity contribution < 1.29 is 9.47 Å². The third-order valence-electron chi connectivity index (χ3n) is 4.67. The van der Waals surface area contributed by atoms with Gasteiger partial charge in [0, 0.05) is 58.5 Å². The van der Waals surface area contributed by atoms with Crippen molar-refractivity contribution in [2.45, 2.75) is 26.3 Å². The summed E-state index contributed by atoms with van der Waals surface area (Å²) in [7, 11) is 3.46. The van der Waals surface area contributed by atoms with Gasteiger partial charge < -0.3 is 20.1 Å². The first kappa shape index (κ1) is 21.6. The van der Waals surface area contributed by atoms with Crippen LogP contribution in [0.15, 0.2) is 47.6 Å². The van der Waals surface area contributed by atoms with E-state index in [1.807, 2.05) is 28.8 Å². The maximum Gasteiger partial charge on any atom is 0.191 e. The van der Waals surface area contributed by atoms with Gasteiger partial charge in [-0.3, -0.25) is 9.39 Å². The van der Waals surface area contributed by atoms with Crippen molar-refractivity contribution in [2.24, 2.45) is 4.99 Å². The molecular weight excluding hydrogens is 380 g/mol. The minimum Gasteiger partial charge on any atom is -0.493 e. The molecule has 3 aromatic rings. The summed E-state index contributed by atoms with van der Waals surface area (Å²) >= 11 is 0. The Labute approximate surface area is 177 Å². The summed E-state index contributed by atoms with van der Waals surface area (Å²) < 4.78 is 13.0. The number of nitrogens with zero attached hydrogens (tertiary/aromatic N) is 4. The highest BCUT2D eigenvalue weighted by atomic mass is 16.5. The number of aromatic nitrogens is 3. The maximum absolute atomic E-state index is 5.96. The second-order valence-electron chi connectivity index (χ2n) is 6.95. The summed E-state index contributed by atoms with van der Waals surface area (Å²) in [5.74, 6) is 2.54. The van der Waals surface area contributed by atoms with E-state index in [0.29, 0.717) is 26.3 Å². The summed E-state index contributed by atoms with van der Waals surface area (Å²) in [5.41, 5.74) is 3.11. The predicted octanol–water partition coefficient (Wildman–Crippen LogP) is 2.36. The molecular formula is C22H30N6O2. The predicted molar refractivity (Wildman–Crippen MR) is 118 cm³/mol. The van der Waals surface area contributed by atoms with Crippen molar-refractivity contribution in [1.82, 2.24) is 25.2 Å². The van der Waals surface area contributed by atoms with Crippen molar-refractivity contribution in [3.05, 3.63) is 59.5 Å². The SMILES string of the molecule is CN=C(NCCc1nnc2ccccn12)NCc1ccc(C)cc1OCCCOC. The molecule has 3 rings (SSSR count). The zero-order chi connectivity index (χ0) is 21.2. The van der Waals surface area contributed by atoms with Crippen LogP contribution in [0.2, 0.25) is 0 Å². The molecule has 0 saturated heterocycles. The quantitative estimate of drug-likeness (QED) is 0.303. The van der Waals surface area contributed by atoms with Gasteiger partial charge in [-0.25, -0.2) is 0 Å². The van der Waals surface area contributed by atoms with Gasteiger partial charge in [0.1, 0.15) is 11.6 Å². The molecule has 1 aromatic carbocycles. The number of benzene rings is 1. The molecule has 0 fully saturated rings. The molecule has 0 aliphatic carbocycles. The zero-order valence-electron chi connectivity index (χ0n) is 17.9. The normalized spacial score (nSPS) is 11.6. The Morgan fingerprint density at radius 2 is 2.03 bits per heavy atom. The lowest BCUT2D eigenvalue weighted by molar-refractivity contribution is 0.172. The number of rotatable bonds is 10. The van der Waals surface area contributed by atoms with E-state index in [-0.39, 0.29) is 0 Å². The number of methoxy groups -OCH3 is 1. The number of aliphatic imine (C=N–C) groups is 1. The Morgan fingerprint density at radius 3 is 2.87 bits per heavy atom. The number of hydrogen-bond donors (Lipinski definition) is 2. The van der Waals surface area contributed by atoms with Gasteiger partial charge in [-0.15, -0.1) is 10.2 Å². The van der Waals surface area contributed by atoms with Crippen LogP contribution in [-0.2, 0) is 17.7 Å². The molecule has 0 bridgehead atoms. The minimum atomic E-state index is 0.618. The third kappa shape index (κ3) is 5.93. The van der Waals surface area contributed by atoms with Crippen molar-refractivity contribution in [2.75, 3.05) is 33.9 Å². The van der Waals surface area contributed by atoms with E-state index in [4.69, 9.17) is 9.47 Å². The summed E-state index contributed by atoms with van der Waals surface area (Å²) in [5, 5.41) is 15.1. The Morgan fingerprint density at radius 1 is 1.13 bits per heavy atom. The van der Waals surface area contributed by atoms with Gasteiger partial charge in [-0.05, 0) is 30.7 Å². The van der Waals surface area contributed by atoms with Crippen LogP contribution in [0.1, 0.15) is 23.4 Å². The molecule has 2 N–H and O–H groups in total. The lowest BCUT2D eigenvalue weighted by Crippen LogP contribution is -2.38. The first-order valence-corrected chi connectivity index (χ1v) is 10.2. The van der Waals surface area contributed by atoms with Crippen LogP contribution in [-0.4, -0.2) is 54.5 Å². The van der Waals surface area contributed by atoms with Crippen LogP contribution in [0.5, 0.6) is 5.75 Å². The van der Waals surface area contributed by atoms with Crippen LogP contribution in [0, 0.1) is 6.92 Å². The molecule has 2 heterocycles. The van der Waals surface area contributed by atoms with Gasteiger partial charge in [0.25, 0.3) is 0 Å². The summed E-state index contributed by atoms with van der Waals surface area (Å²) in [6.07, 6.45) is 3.57. The standard InChI is InChI=1S/C22H30N6O2/c1-17-8-9-18(19(15-17)30-14-6-13-29-3)16-25-22(23-2)24-11-10-21-27-26-20-7-4-5-12-28(20)21/h4-5,7-9,12,15H,6,10-11,13-14,16H2,1-3H3,(H2,23,24,25). The smallest absolute Gasteiger partial charge is 0.191 e.